The third kappa shape index (κ3) is 9.52. The first kappa shape index (κ1) is 29.8. The van der Waals surface area contributed by atoms with Gasteiger partial charge in [-0.2, -0.15) is 15.0 Å². The van der Waals surface area contributed by atoms with Crippen LogP contribution in [0.4, 0.5) is 17.6 Å². The highest BCUT2D eigenvalue weighted by atomic mass is 35.5. The molecule has 0 aliphatic heterocycles. The molecule has 14 heteroatoms. The Bertz CT molecular complexity index is 1270. The third-order valence-electron chi connectivity index (χ3n) is 4.12. The van der Waals surface area contributed by atoms with Crippen LogP contribution < -0.4 is 15.4 Å². The molecule has 198 valence electrons. The molecule has 1 heterocycles. The number of carbonyl (C=O) groups is 1. The number of nitro groups is 1. The zero-order valence-electron chi connectivity index (χ0n) is 20.6. The molecule has 0 spiro atoms. The van der Waals surface area contributed by atoms with Crippen LogP contribution in [0.2, 0.25) is 15.3 Å². The molecule has 11 nitrogen and oxygen atoms in total. The lowest BCUT2D eigenvalue weighted by Gasteiger charge is -2.20. The fraction of sp³-hybridized carbons (Fsp3) is 0.304. The Balaban J connectivity index is 0.000000281. The van der Waals surface area contributed by atoms with Gasteiger partial charge in [-0.3, -0.25) is 10.1 Å². The zero-order valence-corrected chi connectivity index (χ0v) is 22.9. The Labute approximate surface area is 228 Å². The molecule has 1 aromatic heterocycles. The van der Waals surface area contributed by atoms with Crippen LogP contribution in [0.1, 0.15) is 38.1 Å². The van der Waals surface area contributed by atoms with Gasteiger partial charge < -0.3 is 20.1 Å². The Hall–Kier alpha value is -3.41. The minimum absolute atomic E-state index is 0.103. The quantitative estimate of drug-likeness (QED) is 0.180. The van der Waals surface area contributed by atoms with Gasteiger partial charge in [-0.05, 0) is 63.6 Å². The first-order valence-electron chi connectivity index (χ1n) is 10.8. The standard InChI is InChI=1S/C14H9Cl2NO5.C9H16ClN5/c1-21-14(18)10-7-9(3-4-12(10)17(19)20)22-13-5-2-8(15)6-11(13)16;1-5-11-7-12-6(10)13-8(14-7)15-9(2,3)4/h2-7H,1H3;5H2,1-4H3,(H2,11,12,13,14,15). The summed E-state index contributed by atoms with van der Waals surface area (Å²) in [4.78, 5) is 34.0. The van der Waals surface area contributed by atoms with Crippen molar-refractivity contribution in [2.75, 3.05) is 24.3 Å². The largest absolute Gasteiger partial charge is 0.465 e. The number of carbonyl (C=O) groups excluding carboxylic acids is 1. The minimum atomic E-state index is -0.834. The molecule has 2 aromatic carbocycles. The highest BCUT2D eigenvalue weighted by Crippen LogP contribution is 2.33. The van der Waals surface area contributed by atoms with Gasteiger partial charge in [0.25, 0.3) is 5.69 Å². The average molecular weight is 572 g/mol. The number of hydrogen-bond donors (Lipinski definition) is 2. The van der Waals surface area contributed by atoms with E-state index in [1.807, 2.05) is 27.7 Å². The number of hydrogen-bond acceptors (Lipinski definition) is 10. The predicted molar refractivity (Wildman–Crippen MR) is 143 cm³/mol. The maximum Gasteiger partial charge on any atom is 0.345 e. The van der Waals surface area contributed by atoms with Gasteiger partial charge in [0.1, 0.15) is 17.1 Å². The summed E-state index contributed by atoms with van der Waals surface area (Å²) in [5.74, 6) is 0.646. The molecule has 2 N–H and O–H groups in total. The van der Waals surface area contributed by atoms with Crippen molar-refractivity contribution in [1.29, 1.82) is 0 Å². The Morgan fingerprint density at radius 2 is 1.73 bits per heavy atom. The third-order valence-corrected chi connectivity index (χ3v) is 4.82. The van der Waals surface area contributed by atoms with Gasteiger partial charge in [-0.25, -0.2) is 4.79 Å². The number of methoxy groups -OCH3 is 1. The molecule has 0 amide bonds. The smallest absolute Gasteiger partial charge is 0.345 e. The van der Waals surface area contributed by atoms with Gasteiger partial charge in [-0.15, -0.1) is 0 Å². The Morgan fingerprint density at radius 3 is 2.30 bits per heavy atom. The van der Waals surface area contributed by atoms with Gasteiger partial charge in [0.05, 0.1) is 17.1 Å². The van der Waals surface area contributed by atoms with E-state index in [0.717, 1.165) is 19.7 Å². The van der Waals surface area contributed by atoms with Crippen molar-refractivity contribution in [3.63, 3.8) is 0 Å². The van der Waals surface area contributed by atoms with Crippen LogP contribution in [0, 0.1) is 10.1 Å². The lowest BCUT2D eigenvalue weighted by Crippen LogP contribution is -2.27. The van der Waals surface area contributed by atoms with Gasteiger partial charge in [0.15, 0.2) is 0 Å². The van der Waals surface area contributed by atoms with E-state index in [1.165, 1.54) is 18.2 Å². The van der Waals surface area contributed by atoms with Crippen LogP contribution in [0.25, 0.3) is 0 Å². The highest BCUT2D eigenvalue weighted by Gasteiger charge is 2.22. The number of nitro benzene ring substituents is 1. The number of benzene rings is 2. The molecule has 0 unspecified atom stereocenters. The van der Waals surface area contributed by atoms with Crippen LogP contribution in [0.15, 0.2) is 36.4 Å². The molecule has 0 fully saturated rings. The van der Waals surface area contributed by atoms with E-state index in [0.29, 0.717) is 22.7 Å². The van der Waals surface area contributed by atoms with Crippen LogP contribution in [-0.2, 0) is 4.74 Å². The number of anilines is 2. The summed E-state index contributed by atoms with van der Waals surface area (Å²) in [6, 6.07) is 8.35. The summed E-state index contributed by atoms with van der Waals surface area (Å²) >= 11 is 17.5. The molecule has 0 bridgehead atoms. The molecule has 3 aromatic rings. The second-order valence-electron chi connectivity index (χ2n) is 8.26. The van der Waals surface area contributed by atoms with Crippen molar-refractivity contribution in [3.8, 4) is 11.5 Å². The van der Waals surface area contributed by atoms with E-state index in [4.69, 9.17) is 39.5 Å². The van der Waals surface area contributed by atoms with Crippen molar-refractivity contribution >= 4 is 58.4 Å². The van der Waals surface area contributed by atoms with Crippen LogP contribution in [0.3, 0.4) is 0 Å². The van der Waals surface area contributed by atoms with Gasteiger partial charge in [0, 0.05) is 29.2 Å². The van der Waals surface area contributed by atoms with E-state index in [1.54, 1.807) is 12.1 Å². The molecule has 0 aliphatic rings. The Kier molecular flexibility index (Phi) is 10.7. The Morgan fingerprint density at radius 1 is 1.05 bits per heavy atom. The van der Waals surface area contributed by atoms with E-state index in [2.05, 4.69) is 30.3 Å². The summed E-state index contributed by atoms with van der Waals surface area (Å²) in [5, 5.41) is 17.9. The second-order valence-corrected chi connectivity index (χ2v) is 9.44. The number of halogens is 3. The average Bonchev–Trinajstić information content (AvgIpc) is 2.79. The topological polar surface area (TPSA) is 141 Å². The fourth-order valence-electron chi connectivity index (χ4n) is 2.67. The van der Waals surface area contributed by atoms with Gasteiger partial charge in [0.2, 0.25) is 17.2 Å². The molecule has 0 saturated heterocycles. The fourth-order valence-corrected chi connectivity index (χ4v) is 3.28. The first-order chi connectivity index (χ1) is 17.3. The molecular weight excluding hydrogens is 547 g/mol. The van der Waals surface area contributed by atoms with Crippen LogP contribution in [0.5, 0.6) is 11.5 Å². The highest BCUT2D eigenvalue weighted by molar-refractivity contribution is 6.35. The summed E-state index contributed by atoms with van der Waals surface area (Å²) in [5.41, 5.74) is -0.690. The minimum Gasteiger partial charge on any atom is -0.465 e. The monoisotopic (exact) mass is 570 g/mol. The van der Waals surface area contributed by atoms with E-state index >= 15 is 0 Å². The zero-order chi connectivity index (χ0) is 27.8. The number of nitrogens with one attached hydrogen (secondary N) is 2. The van der Waals surface area contributed by atoms with Crippen molar-refractivity contribution in [3.05, 3.63) is 67.4 Å². The molecule has 37 heavy (non-hydrogen) atoms. The molecule has 0 atom stereocenters. The molecule has 0 radical (unpaired) electrons. The maximum atomic E-state index is 11.6. The first-order valence-corrected chi connectivity index (χ1v) is 11.9. The lowest BCUT2D eigenvalue weighted by atomic mass is 10.1. The van der Waals surface area contributed by atoms with Gasteiger partial charge >= 0.3 is 5.97 Å². The van der Waals surface area contributed by atoms with E-state index in [9.17, 15) is 14.9 Å². The summed E-state index contributed by atoms with van der Waals surface area (Å²) < 4.78 is 10.0. The van der Waals surface area contributed by atoms with E-state index in [-0.39, 0.29) is 32.8 Å². The molecule has 3 rings (SSSR count). The molecular formula is C23H25Cl3N6O5. The van der Waals surface area contributed by atoms with Crippen molar-refractivity contribution < 1.29 is 19.2 Å². The van der Waals surface area contributed by atoms with Crippen LogP contribution >= 0.6 is 34.8 Å². The van der Waals surface area contributed by atoms with Crippen molar-refractivity contribution in [2.45, 2.75) is 33.2 Å². The lowest BCUT2D eigenvalue weighted by molar-refractivity contribution is -0.385. The number of rotatable bonds is 7. The second kappa shape index (κ2) is 13.2. The number of esters is 1. The molecule has 0 aliphatic carbocycles. The van der Waals surface area contributed by atoms with Crippen molar-refractivity contribution in [1.82, 2.24) is 15.0 Å². The summed E-state index contributed by atoms with van der Waals surface area (Å²) in [6.07, 6.45) is 0. The number of aromatic nitrogens is 3. The number of ether oxygens (including phenoxy) is 2. The maximum absolute atomic E-state index is 11.6. The summed E-state index contributed by atoms with van der Waals surface area (Å²) in [6.45, 7) is 8.79. The van der Waals surface area contributed by atoms with E-state index < -0.39 is 10.9 Å². The van der Waals surface area contributed by atoms with Gasteiger partial charge in [-0.1, -0.05) is 23.2 Å². The predicted octanol–water partition coefficient (Wildman–Crippen LogP) is 6.65. The summed E-state index contributed by atoms with van der Waals surface area (Å²) in [7, 11) is 1.13. The molecule has 0 saturated carbocycles. The number of nitrogens with zero attached hydrogens (tertiary/aromatic N) is 4. The SMILES string of the molecule is CCNc1nc(Cl)nc(NC(C)(C)C)n1.COC(=O)c1cc(Oc2ccc(Cl)cc2Cl)ccc1[N+](=O)[O-]. The normalized spacial score (nSPS) is 10.6. The van der Waals surface area contributed by atoms with Crippen molar-refractivity contribution in [2.24, 2.45) is 0 Å². The van der Waals surface area contributed by atoms with Crippen LogP contribution in [-0.4, -0.2) is 45.0 Å².